The number of methoxy groups -OCH3 is 2. The first-order chi connectivity index (χ1) is 11.2. The summed E-state index contributed by atoms with van der Waals surface area (Å²) < 4.78 is 12.2. The van der Waals surface area contributed by atoms with Crippen molar-refractivity contribution in [1.82, 2.24) is 19.7 Å². The van der Waals surface area contributed by atoms with Crippen molar-refractivity contribution >= 4 is 5.91 Å². The topological polar surface area (TPSA) is 69.5 Å². The van der Waals surface area contributed by atoms with Gasteiger partial charge in [-0.25, -0.2) is 9.67 Å². The zero-order chi connectivity index (χ0) is 16.2. The van der Waals surface area contributed by atoms with Crippen molar-refractivity contribution in [3.63, 3.8) is 0 Å². The van der Waals surface area contributed by atoms with E-state index in [9.17, 15) is 4.79 Å². The molecule has 2 aromatic rings. The van der Waals surface area contributed by atoms with Gasteiger partial charge in [-0.15, -0.1) is 0 Å². The van der Waals surface area contributed by atoms with Gasteiger partial charge in [-0.2, -0.15) is 5.10 Å². The molecule has 1 aromatic heterocycles. The van der Waals surface area contributed by atoms with Gasteiger partial charge in [-0.3, -0.25) is 4.79 Å². The van der Waals surface area contributed by atoms with Crippen molar-refractivity contribution < 1.29 is 14.3 Å². The van der Waals surface area contributed by atoms with E-state index in [0.29, 0.717) is 11.5 Å². The van der Waals surface area contributed by atoms with Crippen molar-refractivity contribution in [2.45, 2.75) is 25.4 Å². The highest BCUT2D eigenvalue weighted by Gasteiger charge is 2.30. The van der Waals surface area contributed by atoms with Crippen LogP contribution in [0, 0.1) is 0 Å². The number of likely N-dealkylation sites (tertiary alicyclic amines) is 1. The Morgan fingerprint density at radius 2 is 2.13 bits per heavy atom. The van der Waals surface area contributed by atoms with Crippen LogP contribution in [0.4, 0.5) is 0 Å². The van der Waals surface area contributed by atoms with E-state index in [1.807, 2.05) is 23.1 Å². The van der Waals surface area contributed by atoms with E-state index in [4.69, 9.17) is 9.47 Å². The lowest BCUT2D eigenvalue weighted by atomic mass is 10.0. The number of rotatable bonds is 5. The summed E-state index contributed by atoms with van der Waals surface area (Å²) in [4.78, 5) is 18.3. The normalized spacial score (nSPS) is 17.3. The van der Waals surface area contributed by atoms with Crippen molar-refractivity contribution in [2.24, 2.45) is 0 Å². The molecule has 1 amide bonds. The lowest BCUT2D eigenvalue weighted by Gasteiger charge is -2.25. The van der Waals surface area contributed by atoms with E-state index in [1.54, 1.807) is 25.2 Å². The molecule has 0 bridgehead atoms. The highest BCUT2D eigenvalue weighted by molar-refractivity contribution is 5.76. The maximum atomic E-state index is 12.6. The monoisotopic (exact) mass is 316 g/mol. The Kier molecular flexibility index (Phi) is 4.45. The zero-order valence-electron chi connectivity index (χ0n) is 13.3. The Hall–Kier alpha value is -2.57. The number of benzene rings is 1. The first kappa shape index (κ1) is 15.3. The summed E-state index contributed by atoms with van der Waals surface area (Å²) in [5.41, 5.74) is 1.06. The van der Waals surface area contributed by atoms with E-state index < -0.39 is 0 Å². The average Bonchev–Trinajstić information content (AvgIpc) is 3.25. The Morgan fingerprint density at radius 1 is 1.30 bits per heavy atom. The molecule has 7 nitrogen and oxygen atoms in total. The van der Waals surface area contributed by atoms with Gasteiger partial charge in [0.1, 0.15) is 19.2 Å². The van der Waals surface area contributed by atoms with Gasteiger partial charge in [0.25, 0.3) is 0 Å². The molecule has 23 heavy (non-hydrogen) atoms. The Balaban J connectivity index is 1.79. The number of carbonyl (C=O) groups is 1. The van der Waals surface area contributed by atoms with E-state index in [1.165, 1.54) is 6.33 Å². The lowest BCUT2D eigenvalue weighted by molar-refractivity contribution is -0.133. The van der Waals surface area contributed by atoms with Gasteiger partial charge in [0, 0.05) is 6.54 Å². The molecule has 1 atom stereocenters. The van der Waals surface area contributed by atoms with E-state index in [-0.39, 0.29) is 18.5 Å². The third-order valence-corrected chi connectivity index (χ3v) is 4.13. The van der Waals surface area contributed by atoms with Gasteiger partial charge in [0.2, 0.25) is 5.91 Å². The molecule has 1 fully saturated rings. The molecule has 1 aromatic carbocycles. The number of ether oxygens (including phenoxy) is 2. The Labute approximate surface area is 134 Å². The smallest absolute Gasteiger partial charge is 0.244 e. The molecule has 0 radical (unpaired) electrons. The molecule has 1 unspecified atom stereocenters. The highest BCUT2D eigenvalue weighted by Crippen LogP contribution is 2.36. The van der Waals surface area contributed by atoms with Crippen LogP contribution < -0.4 is 9.47 Å². The molecule has 2 heterocycles. The molecule has 0 spiro atoms. The molecule has 122 valence electrons. The third-order valence-electron chi connectivity index (χ3n) is 4.13. The van der Waals surface area contributed by atoms with Crippen molar-refractivity contribution in [3.8, 4) is 11.5 Å². The lowest BCUT2D eigenvalue weighted by Crippen LogP contribution is -2.33. The quantitative estimate of drug-likeness (QED) is 0.839. The number of hydrogen-bond donors (Lipinski definition) is 0. The molecule has 1 aliphatic heterocycles. The highest BCUT2D eigenvalue weighted by atomic mass is 16.5. The predicted molar refractivity (Wildman–Crippen MR) is 83.3 cm³/mol. The second kappa shape index (κ2) is 6.68. The minimum absolute atomic E-state index is 0.0489. The second-order valence-electron chi connectivity index (χ2n) is 5.45. The summed E-state index contributed by atoms with van der Waals surface area (Å²) in [5, 5.41) is 4.00. The summed E-state index contributed by atoms with van der Waals surface area (Å²) in [5.74, 6) is 1.42. The molecule has 7 heteroatoms. The van der Waals surface area contributed by atoms with Crippen molar-refractivity contribution in [1.29, 1.82) is 0 Å². The zero-order valence-corrected chi connectivity index (χ0v) is 13.3. The maximum Gasteiger partial charge on any atom is 0.244 e. The minimum Gasteiger partial charge on any atom is -0.493 e. The van der Waals surface area contributed by atoms with Gasteiger partial charge in [0.05, 0.1) is 20.3 Å². The third kappa shape index (κ3) is 3.13. The van der Waals surface area contributed by atoms with Gasteiger partial charge >= 0.3 is 0 Å². The van der Waals surface area contributed by atoms with Crippen LogP contribution >= 0.6 is 0 Å². The SMILES string of the molecule is COc1ccc(C2CCCN2C(=O)Cn2cncn2)cc1OC. The van der Waals surface area contributed by atoms with E-state index >= 15 is 0 Å². The van der Waals surface area contributed by atoms with Crippen LogP contribution in [0.15, 0.2) is 30.9 Å². The second-order valence-corrected chi connectivity index (χ2v) is 5.45. The first-order valence-electron chi connectivity index (χ1n) is 7.56. The average molecular weight is 316 g/mol. The Morgan fingerprint density at radius 3 is 2.83 bits per heavy atom. The fraction of sp³-hybridized carbons (Fsp3) is 0.438. The number of amides is 1. The first-order valence-corrected chi connectivity index (χ1v) is 7.56. The van der Waals surface area contributed by atoms with Crippen LogP contribution in [-0.2, 0) is 11.3 Å². The standard InChI is InChI=1S/C16H20N4O3/c1-22-14-6-5-12(8-15(14)23-2)13-4-3-7-20(13)16(21)9-19-11-17-10-18-19/h5-6,8,10-11,13H,3-4,7,9H2,1-2H3. The van der Waals surface area contributed by atoms with Crippen LogP contribution in [0.3, 0.4) is 0 Å². The fourth-order valence-electron chi connectivity index (χ4n) is 3.02. The Bertz CT molecular complexity index is 672. The van der Waals surface area contributed by atoms with Crippen LogP contribution in [-0.4, -0.2) is 46.3 Å². The van der Waals surface area contributed by atoms with Crippen LogP contribution in [0.25, 0.3) is 0 Å². The van der Waals surface area contributed by atoms with Crippen molar-refractivity contribution in [3.05, 3.63) is 36.4 Å². The molecule has 3 rings (SSSR count). The summed E-state index contributed by atoms with van der Waals surface area (Å²) in [6.07, 6.45) is 4.92. The van der Waals surface area contributed by atoms with Crippen LogP contribution in [0.5, 0.6) is 11.5 Å². The van der Waals surface area contributed by atoms with Gasteiger partial charge in [-0.05, 0) is 30.5 Å². The molecular formula is C16H20N4O3. The van der Waals surface area contributed by atoms with Crippen molar-refractivity contribution in [2.75, 3.05) is 20.8 Å². The number of aromatic nitrogens is 3. The molecule has 0 N–H and O–H groups in total. The molecule has 1 aliphatic rings. The van der Waals surface area contributed by atoms with E-state index in [0.717, 1.165) is 24.9 Å². The van der Waals surface area contributed by atoms with E-state index in [2.05, 4.69) is 10.1 Å². The molecular weight excluding hydrogens is 296 g/mol. The van der Waals surface area contributed by atoms with Gasteiger partial charge in [0.15, 0.2) is 11.5 Å². The molecule has 0 saturated carbocycles. The molecule has 0 aliphatic carbocycles. The largest absolute Gasteiger partial charge is 0.493 e. The number of hydrogen-bond acceptors (Lipinski definition) is 5. The molecule has 1 saturated heterocycles. The summed E-state index contributed by atoms with van der Waals surface area (Å²) >= 11 is 0. The van der Waals surface area contributed by atoms with Gasteiger partial charge < -0.3 is 14.4 Å². The summed E-state index contributed by atoms with van der Waals surface area (Å²) in [6, 6.07) is 5.88. The van der Waals surface area contributed by atoms with Crippen LogP contribution in [0.2, 0.25) is 0 Å². The van der Waals surface area contributed by atoms with Gasteiger partial charge in [-0.1, -0.05) is 6.07 Å². The minimum atomic E-state index is 0.0489. The fourth-order valence-corrected chi connectivity index (χ4v) is 3.02. The number of nitrogens with zero attached hydrogens (tertiary/aromatic N) is 4. The predicted octanol–water partition coefficient (Wildman–Crippen LogP) is 1.66. The summed E-state index contributed by atoms with van der Waals surface area (Å²) in [6.45, 7) is 0.969. The summed E-state index contributed by atoms with van der Waals surface area (Å²) in [7, 11) is 3.23. The van der Waals surface area contributed by atoms with Crippen LogP contribution in [0.1, 0.15) is 24.4 Å². The number of carbonyl (C=O) groups excluding carboxylic acids is 1. The maximum absolute atomic E-state index is 12.6.